The number of tetrazole rings is 1. The number of nitrogens with two attached hydrogens (primary N) is 1. The molecule has 0 radical (unpaired) electrons. The number of rotatable bonds is 4. The van der Waals surface area contributed by atoms with Gasteiger partial charge in [0.2, 0.25) is 0 Å². The lowest BCUT2D eigenvalue weighted by Crippen LogP contribution is -2.25. The molecule has 1 atom stereocenters. The number of nitrogens with zero attached hydrogens (tertiary/aromatic N) is 8. The molecule has 1 aliphatic heterocycles. The number of H-pyrrole nitrogens is 1. The van der Waals surface area contributed by atoms with Crippen molar-refractivity contribution in [2.24, 2.45) is 0 Å². The number of anilines is 1. The molecule has 0 fully saturated rings. The minimum absolute atomic E-state index is 0.151. The maximum absolute atomic E-state index is 13.3. The molecule has 174 valence electrons. The first-order valence-electron chi connectivity index (χ1n) is 10.9. The van der Waals surface area contributed by atoms with Gasteiger partial charge in [0.15, 0.2) is 0 Å². The van der Waals surface area contributed by atoms with E-state index in [1.165, 1.54) is 6.33 Å². The Morgan fingerprint density at radius 3 is 2.83 bits per heavy atom. The maximum atomic E-state index is 13.3. The zero-order chi connectivity index (χ0) is 24.1. The summed E-state index contributed by atoms with van der Waals surface area (Å²) in [5, 5.41) is 11.7. The quantitative estimate of drug-likeness (QED) is 0.368. The molecule has 1 aliphatic rings. The van der Waals surface area contributed by atoms with Gasteiger partial charge in [0.1, 0.15) is 28.9 Å². The van der Waals surface area contributed by atoms with Gasteiger partial charge in [-0.2, -0.15) is 4.68 Å². The second-order valence-corrected chi connectivity index (χ2v) is 8.71. The number of nitrogen functional groups attached to an aromatic ring is 1. The smallest absolute Gasteiger partial charge is 0.254 e. The van der Waals surface area contributed by atoms with Crippen LogP contribution in [0.15, 0.2) is 53.7 Å². The lowest BCUT2D eigenvalue weighted by atomic mass is 10.1. The van der Waals surface area contributed by atoms with Gasteiger partial charge in [-0.15, -0.1) is 5.10 Å². The van der Waals surface area contributed by atoms with Gasteiger partial charge in [-0.05, 0) is 48.0 Å². The van der Waals surface area contributed by atoms with E-state index in [-0.39, 0.29) is 16.8 Å². The van der Waals surface area contributed by atoms with Crippen LogP contribution in [0.2, 0.25) is 5.15 Å². The number of benzene rings is 1. The molecule has 5 heterocycles. The molecular formula is C23H19ClN10O. The van der Waals surface area contributed by atoms with Crippen LogP contribution in [0.25, 0.3) is 28.2 Å². The highest BCUT2D eigenvalue weighted by Gasteiger charge is 2.29. The Labute approximate surface area is 203 Å². The standard InChI is InChI=1S/C23H19ClN10O/c1-12-2-4-17(33-11-27-31-32-33)14(8-12)15-9-21(35)34-18(5-7-20(34)28-15)23-26-10-16(29-23)13-3-6-19(25)30-22(13)24/h2-4,6,8-11,18H,5,7H2,1H3,(H2,25,30)(H,26,29)/t18-/m0/s1. The molecule has 12 heteroatoms. The van der Waals surface area contributed by atoms with Crippen molar-refractivity contribution in [2.75, 3.05) is 5.73 Å². The number of pyridine rings is 1. The number of aryl methyl sites for hydroxylation is 2. The second kappa shape index (κ2) is 8.13. The summed E-state index contributed by atoms with van der Waals surface area (Å²) in [6.07, 6.45) is 4.53. The van der Waals surface area contributed by atoms with Gasteiger partial charge in [0.25, 0.3) is 5.56 Å². The summed E-state index contributed by atoms with van der Waals surface area (Å²) >= 11 is 6.26. The minimum Gasteiger partial charge on any atom is -0.384 e. The van der Waals surface area contributed by atoms with Crippen LogP contribution in [0, 0.1) is 6.92 Å². The molecular weight excluding hydrogens is 468 g/mol. The van der Waals surface area contributed by atoms with Crippen molar-refractivity contribution in [3.8, 4) is 28.2 Å². The van der Waals surface area contributed by atoms with Crippen LogP contribution < -0.4 is 11.3 Å². The van der Waals surface area contributed by atoms with E-state index < -0.39 is 0 Å². The van der Waals surface area contributed by atoms with E-state index in [0.717, 1.165) is 16.8 Å². The summed E-state index contributed by atoms with van der Waals surface area (Å²) in [4.78, 5) is 30.1. The van der Waals surface area contributed by atoms with E-state index in [9.17, 15) is 4.79 Å². The van der Waals surface area contributed by atoms with Crippen molar-refractivity contribution in [3.05, 3.63) is 81.6 Å². The highest BCUT2D eigenvalue weighted by Crippen LogP contribution is 2.33. The third-order valence-electron chi connectivity index (χ3n) is 6.07. The average molecular weight is 487 g/mol. The van der Waals surface area contributed by atoms with Gasteiger partial charge >= 0.3 is 0 Å². The van der Waals surface area contributed by atoms with Crippen LogP contribution in [-0.4, -0.2) is 44.7 Å². The van der Waals surface area contributed by atoms with Crippen LogP contribution in [0.4, 0.5) is 5.82 Å². The number of nitrogens with one attached hydrogen (secondary N) is 1. The van der Waals surface area contributed by atoms with Crippen molar-refractivity contribution >= 4 is 17.4 Å². The van der Waals surface area contributed by atoms with Gasteiger partial charge in [-0.3, -0.25) is 9.36 Å². The lowest BCUT2D eigenvalue weighted by molar-refractivity contribution is 0.568. The summed E-state index contributed by atoms with van der Waals surface area (Å²) in [6.45, 7) is 1.99. The Morgan fingerprint density at radius 2 is 2.03 bits per heavy atom. The zero-order valence-electron chi connectivity index (χ0n) is 18.6. The van der Waals surface area contributed by atoms with Crippen LogP contribution in [-0.2, 0) is 6.42 Å². The number of hydrogen-bond donors (Lipinski definition) is 2. The van der Waals surface area contributed by atoms with Crippen molar-refractivity contribution in [1.29, 1.82) is 0 Å². The summed E-state index contributed by atoms with van der Waals surface area (Å²) in [7, 11) is 0. The zero-order valence-corrected chi connectivity index (χ0v) is 19.3. The van der Waals surface area contributed by atoms with Gasteiger partial charge in [0.05, 0.1) is 29.3 Å². The summed E-state index contributed by atoms with van der Waals surface area (Å²) in [5.41, 5.74) is 10.1. The topological polar surface area (TPSA) is 146 Å². The van der Waals surface area contributed by atoms with Crippen LogP contribution in [0.3, 0.4) is 0 Å². The molecule has 0 aliphatic carbocycles. The van der Waals surface area contributed by atoms with E-state index in [1.54, 1.807) is 33.6 Å². The van der Waals surface area contributed by atoms with E-state index in [2.05, 4.69) is 30.5 Å². The number of imidazole rings is 1. The lowest BCUT2D eigenvalue weighted by Gasteiger charge is -2.14. The Kier molecular flexibility index (Phi) is 4.92. The van der Waals surface area contributed by atoms with Gasteiger partial charge < -0.3 is 10.7 Å². The first-order chi connectivity index (χ1) is 17.0. The summed E-state index contributed by atoms with van der Waals surface area (Å²) in [5.74, 6) is 1.70. The molecule has 3 N–H and O–H groups in total. The molecule has 0 bridgehead atoms. The Bertz CT molecular complexity index is 1620. The molecule has 0 unspecified atom stereocenters. The normalized spacial score (nSPS) is 14.9. The number of hydrogen-bond acceptors (Lipinski definition) is 8. The van der Waals surface area contributed by atoms with Gasteiger partial charge in [-0.1, -0.05) is 23.2 Å². The Morgan fingerprint density at radius 1 is 1.14 bits per heavy atom. The fourth-order valence-corrected chi connectivity index (χ4v) is 4.72. The molecule has 5 aromatic rings. The predicted octanol–water partition coefficient (Wildman–Crippen LogP) is 2.75. The second-order valence-electron chi connectivity index (χ2n) is 8.35. The van der Waals surface area contributed by atoms with E-state index in [4.69, 9.17) is 22.3 Å². The molecule has 35 heavy (non-hydrogen) atoms. The fourth-order valence-electron chi connectivity index (χ4n) is 4.46. The van der Waals surface area contributed by atoms with Crippen molar-refractivity contribution in [2.45, 2.75) is 25.8 Å². The minimum atomic E-state index is -0.259. The third-order valence-corrected chi connectivity index (χ3v) is 6.36. The highest BCUT2D eigenvalue weighted by molar-refractivity contribution is 6.32. The summed E-state index contributed by atoms with van der Waals surface area (Å²) in [6, 6.07) is 10.6. The maximum Gasteiger partial charge on any atom is 0.254 e. The first kappa shape index (κ1) is 21.2. The molecule has 11 nitrogen and oxygen atoms in total. The molecule has 6 rings (SSSR count). The van der Waals surface area contributed by atoms with E-state index >= 15 is 0 Å². The molecule has 4 aromatic heterocycles. The monoisotopic (exact) mass is 486 g/mol. The Hall–Kier alpha value is -4.38. The van der Waals surface area contributed by atoms with Gasteiger partial charge in [0, 0.05) is 23.6 Å². The van der Waals surface area contributed by atoms with Crippen LogP contribution in [0.5, 0.6) is 0 Å². The largest absolute Gasteiger partial charge is 0.384 e. The van der Waals surface area contributed by atoms with Crippen molar-refractivity contribution in [3.63, 3.8) is 0 Å². The average Bonchev–Trinajstić information content (AvgIpc) is 3.59. The molecule has 1 aromatic carbocycles. The number of halogens is 1. The number of aromatic nitrogens is 9. The molecule has 0 spiro atoms. The summed E-state index contributed by atoms with van der Waals surface area (Å²) < 4.78 is 3.26. The Balaban J connectivity index is 1.39. The van der Waals surface area contributed by atoms with Crippen molar-refractivity contribution < 1.29 is 0 Å². The highest BCUT2D eigenvalue weighted by atomic mass is 35.5. The number of aromatic amines is 1. The SMILES string of the molecule is Cc1ccc(-n2cnnn2)c(-c2cc(=O)n3c(n2)CC[C@H]3c2ncc(-c3ccc(N)nc3Cl)[nH]2)c1. The molecule has 0 amide bonds. The third kappa shape index (κ3) is 3.66. The molecule has 0 saturated carbocycles. The number of fused-ring (bicyclic) bond motifs is 1. The van der Waals surface area contributed by atoms with Crippen molar-refractivity contribution in [1.82, 2.24) is 44.7 Å². The fraction of sp³-hybridized carbons (Fsp3) is 0.174. The van der Waals surface area contributed by atoms with Gasteiger partial charge in [-0.25, -0.2) is 15.0 Å². The van der Waals surface area contributed by atoms with E-state index in [1.807, 2.05) is 25.1 Å². The predicted molar refractivity (Wildman–Crippen MR) is 129 cm³/mol. The van der Waals surface area contributed by atoms with E-state index in [0.29, 0.717) is 47.3 Å². The first-order valence-corrected chi connectivity index (χ1v) is 11.3. The van der Waals surface area contributed by atoms with Crippen LogP contribution >= 0.6 is 11.6 Å². The van der Waals surface area contributed by atoms with Crippen LogP contribution in [0.1, 0.15) is 29.7 Å². The molecule has 0 saturated heterocycles.